The first-order valence-electron chi connectivity index (χ1n) is 13.1. The van der Waals surface area contributed by atoms with E-state index < -0.39 is 0 Å². The van der Waals surface area contributed by atoms with Gasteiger partial charge >= 0.3 is 0 Å². The monoisotopic (exact) mass is 543 g/mol. The molecule has 1 saturated heterocycles. The Balaban J connectivity index is 1.15. The second-order valence-electron chi connectivity index (χ2n) is 9.52. The number of rotatable bonds is 6. The lowest BCUT2D eigenvalue weighted by atomic mass is 9.97. The van der Waals surface area contributed by atoms with Crippen LogP contribution in [0.25, 0.3) is 26.4 Å². The first-order valence-corrected chi connectivity index (χ1v) is 14.8. The summed E-state index contributed by atoms with van der Waals surface area (Å²) in [5, 5.41) is 3.25. The van der Waals surface area contributed by atoms with Gasteiger partial charge in [-0.3, -0.25) is 14.0 Å². The van der Waals surface area contributed by atoms with Crippen LogP contribution in [-0.2, 0) is 0 Å². The maximum atomic E-state index is 13.3. The van der Waals surface area contributed by atoms with Gasteiger partial charge in [0.05, 0.1) is 20.9 Å². The highest BCUT2D eigenvalue weighted by Gasteiger charge is 2.28. The highest BCUT2D eigenvalue weighted by molar-refractivity contribution is 7.23. The van der Waals surface area contributed by atoms with E-state index in [9.17, 15) is 9.59 Å². The summed E-state index contributed by atoms with van der Waals surface area (Å²) in [4.78, 5) is 40.7. The van der Waals surface area contributed by atoms with Crippen molar-refractivity contribution in [3.05, 3.63) is 81.0 Å². The number of anilines is 1. The van der Waals surface area contributed by atoms with Gasteiger partial charge in [-0.05, 0) is 51.0 Å². The van der Waals surface area contributed by atoms with Crippen molar-refractivity contribution in [2.75, 3.05) is 31.1 Å². The summed E-state index contributed by atoms with van der Waals surface area (Å²) in [7, 11) is 0. The lowest BCUT2D eigenvalue weighted by Crippen LogP contribution is -2.40. The normalized spacial score (nSPS) is 14.4. The van der Waals surface area contributed by atoms with Gasteiger partial charge in [-0.1, -0.05) is 35.6 Å². The smallest absolute Gasteiger partial charge is 0.271 e. The number of benzene rings is 2. The Morgan fingerprint density at radius 2 is 1.79 bits per heavy atom. The number of nitrogens with zero attached hydrogens (tertiary/aromatic N) is 5. The van der Waals surface area contributed by atoms with Crippen molar-refractivity contribution >= 4 is 49.4 Å². The summed E-state index contributed by atoms with van der Waals surface area (Å²) in [6.07, 6.45) is 3.11. The van der Waals surface area contributed by atoms with Gasteiger partial charge in [-0.2, -0.15) is 0 Å². The zero-order valence-corrected chi connectivity index (χ0v) is 23.1. The van der Waals surface area contributed by atoms with E-state index in [2.05, 4.69) is 53.4 Å². The number of hydrogen-bond acceptors (Lipinski definition) is 7. The van der Waals surface area contributed by atoms with E-state index in [0.717, 1.165) is 52.4 Å². The van der Waals surface area contributed by atoms with Crippen LogP contribution in [0, 0.1) is 0 Å². The third-order valence-corrected chi connectivity index (χ3v) is 9.45. The van der Waals surface area contributed by atoms with Gasteiger partial charge in [0, 0.05) is 54.9 Å². The minimum absolute atomic E-state index is 0.134. The predicted molar refractivity (Wildman–Crippen MR) is 156 cm³/mol. The van der Waals surface area contributed by atoms with Crippen molar-refractivity contribution < 1.29 is 4.79 Å². The largest absolute Gasteiger partial charge is 0.372 e. The molecule has 1 amide bonds. The summed E-state index contributed by atoms with van der Waals surface area (Å²) >= 11 is 3.15. The molecule has 0 bridgehead atoms. The maximum absolute atomic E-state index is 13.3. The molecular weight excluding hydrogens is 514 g/mol. The Hall–Kier alpha value is -3.56. The topological polar surface area (TPSA) is 70.8 Å². The van der Waals surface area contributed by atoms with E-state index in [1.807, 2.05) is 24.3 Å². The molecule has 0 N–H and O–H groups in total. The Kier molecular flexibility index (Phi) is 6.71. The first-order chi connectivity index (χ1) is 18.6. The van der Waals surface area contributed by atoms with Crippen LogP contribution in [0.4, 0.5) is 5.69 Å². The molecule has 0 spiro atoms. The van der Waals surface area contributed by atoms with Crippen molar-refractivity contribution in [1.82, 2.24) is 19.3 Å². The molecule has 5 aromatic rings. The third kappa shape index (κ3) is 4.39. The average Bonchev–Trinajstić information content (AvgIpc) is 3.60. The summed E-state index contributed by atoms with van der Waals surface area (Å²) in [6, 6.07) is 16.3. The molecule has 9 heteroatoms. The molecule has 6 rings (SSSR count). The van der Waals surface area contributed by atoms with E-state index in [4.69, 9.17) is 4.98 Å². The molecule has 2 aromatic carbocycles. The zero-order valence-electron chi connectivity index (χ0n) is 21.5. The Labute approximate surface area is 229 Å². The lowest BCUT2D eigenvalue weighted by molar-refractivity contribution is 0.0710. The second-order valence-corrected chi connectivity index (χ2v) is 11.4. The third-order valence-electron chi connectivity index (χ3n) is 7.41. The summed E-state index contributed by atoms with van der Waals surface area (Å²) in [5.41, 5.74) is 3.99. The Morgan fingerprint density at radius 3 is 2.53 bits per heavy atom. The molecule has 0 saturated carbocycles. The van der Waals surface area contributed by atoms with Crippen molar-refractivity contribution in [2.24, 2.45) is 0 Å². The van der Waals surface area contributed by atoms with Gasteiger partial charge in [-0.25, -0.2) is 9.97 Å². The number of fused-ring (bicyclic) bond motifs is 3. The van der Waals surface area contributed by atoms with Crippen LogP contribution in [0.5, 0.6) is 0 Å². The maximum Gasteiger partial charge on any atom is 0.271 e. The molecule has 1 fully saturated rings. The fraction of sp³-hybridized carbons (Fsp3) is 0.310. The van der Waals surface area contributed by atoms with Gasteiger partial charge in [0.1, 0.15) is 5.56 Å². The molecule has 1 aliphatic rings. The van der Waals surface area contributed by atoms with Crippen LogP contribution in [0.1, 0.15) is 48.0 Å². The molecule has 0 atom stereocenters. The van der Waals surface area contributed by atoms with Crippen LogP contribution >= 0.6 is 22.7 Å². The zero-order chi connectivity index (χ0) is 26.2. The second kappa shape index (κ2) is 10.3. The van der Waals surface area contributed by atoms with Crippen LogP contribution in [0.15, 0.2) is 64.9 Å². The Bertz CT molecular complexity index is 1660. The highest BCUT2D eigenvalue weighted by Crippen LogP contribution is 2.34. The van der Waals surface area contributed by atoms with Crippen molar-refractivity contribution in [2.45, 2.75) is 32.6 Å². The van der Waals surface area contributed by atoms with Gasteiger partial charge < -0.3 is 9.80 Å². The van der Waals surface area contributed by atoms with Crippen LogP contribution in [0.2, 0.25) is 0 Å². The van der Waals surface area contributed by atoms with E-state index in [-0.39, 0.29) is 17.0 Å². The number of para-hydroxylation sites is 1. The summed E-state index contributed by atoms with van der Waals surface area (Å²) in [6.45, 7) is 7.52. The van der Waals surface area contributed by atoms with Crippen LogP contribution < -0.4 is 10.5 Å². The summed E-state index contributed by atoms with van der Waals surface area (Å²) in [5.74, 6) is 0.0778. The van der Waals surface area contributed by atoms with Gasteiger partial charge in [0.2, 0.25) is 0 Å². The molecule has 0 unspecified atom stereocenters. The molecule has 0 radical (unpaired) electrons. The Morgan fingerprint density at radius 1 is 1.05 bits per heavy atom. The van der Waals surface area contributed by atoms with Gasteiger partial charge in [-0.15, -0.1) is 11.3 Å². The van der Waals surface area contributed by atoms with E-state index in [1.54, 1.807) is 20.6 Å². The minimum Gasteiger partial charge on any atom is -0.372 e. The first kappa shape index (κ1) is 24.8. The van der Waals surface area contributed by atoms with E-state index >= 15 is 0 Å². The fourth-order valence-corrected chi connectivity index (χ4v) is 7.22. The molecule has 0 aliphatic carbocycles. The van der Waals surface area contributed by atoms with Gasteiger partial charge in [0.25, 0.3) is 11.5 Å². The average molecular weight is 544 g/mol. The standard InChI is InChI=1S/C29H29N5O2S2/c1-3-32(4-2)21-11-9-19(10-12-21)23-18-37-26(31-23)20-13-15-33(16-14-20)27(35)22-17-30-29-34(28(22)36)24-7-5-6-8-25(24)38-29/h5-12,17-18,20H,3-4,13-16H2,1-2H3. The molecule has 194 valence electrons. The number of aromatic nitrogens is 3. The van der Waals surface area contributed by atoms with Crippen molar-refractivity contribution in [3.8, 4) is 11.3 Å². The number of hydrogen-bond donors (Lipinski definition) is 0. The van der Waals surface area contributed by atoms with E-state index in [1.165, 1.54) is 23.2 Å². The molecule has 3 aromatic heterocycles. The quantitative estimate of drug-likeness (QED) is 0.267. The number of carbonyl (C=O) groups excluding carboxylic acids is 1. The molecule has 7 nitrogen and oxygen atoms in total. The molecule has 4 heterocycles. The van der Waals surface area contributed by atoms with E-state index in [0.29, 0.717) is 24.0 Å². The SMILES string of the molecule is CCN(CC)c1ccc(-c2csc(C3CCN(C(=O)c4cnc5sc6ccccc6n5c4=O)CC3)n2)cc1. The van der Waals surface area contributed by atoms with Crippen LogP contribution in [-0.4, -0.2) is 51.4 Å². The van der Waals surface area contributed by atoms with Crippen LogP contribution in [0.3, 0.4) is 0 Å². The number of likely N-dealkylation sites (tertiary alicyclic amines) is 1. The molecular formula is C29H29N5O2S2. The number of carbonyl (C=O) groups is 1. The summed E-state index contributed by atoms with van der Waals surface area (Å²) < 4.78 is 2.54. The minimum atomic E-state index is -0.295. The van der Waals surface area contributed by atoms with Crippen molar-refractivity contribution in [3.63, 3.8) is 0 Å². The highest BCUT2D eigenvalue weighted by atomic mass is 32.1. The number of piperidine rings is 1. The fourth-order valence-electron chi connectivity index (χ4n) is 5.24. The number of thiazole rings is 2. The lowest BCUT2D eigenvalue weighted by Gasteiger charge is -2.31. The molecule has 1 aliphatic heterocycles. The van der Waals surface area contributed by atoms with Crippen molar-refractivity contribution in [1.29, 1.82) is 0 Å². The predicted octanol–water partition coefficient (Wildman–Crippen LogP) is 5.90. The molecule has 38 heavy (non-hydrogen) atoms. The van der Waals surface area contributed by atoms with Gasteiger partial charge in [0.15, 0.2) is 4.96 Å². The number of amides is 1.